The van der Waals surface area contributed by atoms with Gasteiger partial charge in [0.2, 0.25) is 0 Å². The average molecular weight is 186 g/mol. The molecule has 0 heterocycles. The zero-order chi connectivity index (χ0) is 8.60. The van der Waals surface area contributed by atoms with Crippen LogP contribution in [0.4, 0.5) is 0 Å². The Morgan fingerprint density at radius 3 is 1.50 bits per heavy atom. The van der Waals surface area contributed by atoms with Gasteiger partial charge in [-0.25, -0.2) is 0 Å². The van der Waals surface area contributed by atoms with E-state index in [4.69, 9.17) is 0 Å². The van der Waals surface area contributed by atoms with Crippen molar-refractivity contribution in [2.24, 2.45) is 59.2 Å². The van der Waals surface area contributed by atoms with Crippen LogP contribution in [-0.4, -0.2) is 0 Å². The van der Waals surface area contributed by atoms with E-state index < -0.39 is 0 Å². The van der Waals surface area contributed by atoms with Crippen molar-refractivity contribution in [2.45, 2.75) is 25.7 Å². The maximum Gasteiger partial charge on any atom is -0.0315 e. The zero-order valence-corrected chi connectivity index (χ0v) is 8.60. The summed E-state index contributed by atoms with van der Waals surface area (Å²) in [4.78, 5) is 0. The molecule has 0 heteroatoms. The second-order valence-corrected chi connectivity index (χ2v) is 7.36. The largest absolute Gasteiger partial charge is 0.0499 e. The summed E-state index contributed by atoms with van der Waals surface area (Å²) in [6, 6.07) is 0. The number of hydrogen-bond acceptors (Lipinski definition) is 0. The van der Waals surface area contributed by atoms with Crippen LogP contribution in [0.5, 0.6) is 0 Å². The van der Waals surface area contributed by atoms with Gasteiger partial charge in [0.15, 0.2) is 0 Å². The molecule has 0 aromatic heterocycles. The summed E-state index contributed by atoms with van der Waals surface area (Å²) < 4.78 is 0. The molecule has 0 nitrogen and oxygen atoms in total. The van der Waals surface area contributed by atoms with Crippen LogP contribution in [0.3, 0.4) is 0 Å². The monoisotopic (exact) mass is 186 g/mol. The minimum atomic E-state index is 1.22. The fourth-order valence-electron chi connectivity index (χ4n) is 7.89. The lowest BCUT2D eigenvalue weighted by Crippen LogP contribution is -2.29. The minimum absolute atomic E-state index is 1.22. The van der Waals surface area contributed by atoms with E-state index in [1.165, 1.54) is 59.2 Å². The van der Waals surface area contributed by atoms with Crippen molar-refractivity contribution in [1.29, 1.82) is 0 Å². The van der Waals surface area contributed by atoms with Gasteiger partial charge in [0, 0.05) is 0 Å². The Balaban J connectivity index is 1.59. The van der Waals surface area contributed by atoms with Gasteiger partial charge in [-0.05, 0) is 84.9 Å². The predicted octanol–water partition coefficient (Wildman–Crippen LogP) is 2.79. The molecule has 7 saturated carbocycles. The van der Waals surface area contributed by atoms with E-state index in [1.807, 2.05) is 0 Å². The van der Waals surface area contributed by atoms with Gasteiger partial charge in [0.1, 0.15) is 0 Å². The van der Waals surface area contributed by atoms with E-state index in [9.17, 15) is 0 Å². The third kappa shape index (κ3) is 0.417. The van der Waals surface area contributed by atoms with Gasteiger partial charge in [-0.3, -0.25) is 0 Å². The Morgan fingerprint density at radius 1 is 0.500 bits per heavy atom. The van der Waals surface area contributed by atoms with Crippen molar-refractivity contribution in [3.63, 3.8) is 0 Å². The first-order valence-electron chi connectivity index (χ1n) is 6.95. The van der Waals surface area contributed by atoms with Gasteiger partial charge < -0.3 is 0 Å². The van der Waals surface area contributed by atoms with Crippen molar-refractivity contribution in [1.82, 2.24) is 0 Å². The Bertz CT molecular complexity index is 316. The van der Waals surface area contributed by atoms with Gasteiger partial charge in [-0.15, -0.1) is 0 Å². The molecule has 10 atom stereocenters. The maximum atomic E-state index is 1.69. The fraction of sp³-hybridized carbons (Fsp3) is 1.00. The minimum Gasteiger partial charge on any atom is -0.0499 e. The second kappa shape index (κ2) is 1.62. The summed E-state index contributed by atoms with van der Waals surface area (Å²) in [5.41, 5.74) is 0. The van der Waals surface area contributed by atoms with Crippen LogP contribution < -0.4 is 0 Å². The molecule has 2 unspecified atom stereocenters. The Hall–Kier alpha value is 0. The second-order valence-electron chi connectivity index (χ2n) is 7.36. The average Bonchev–Trinajstić information content (AvgIpc) is 2.80. The van der Waals surface area contributed by atoms with Crippen molar-refractivity contribution in [2.75, 3.05) is 0 Å². The fourth-order valence-corrected chi connectivity index (χ4v) is 7.89. The van der Waals surface area contributed by atoms with Crippen LogP contribution in [-0.2, 0) is 0 Å². The van der Waals surface area contributed by atoms with E-state index >= 15 is 0 Å². The molecule has 0 N–H and O–H groups in total. The molecule has 8 bridgehead atoms. The van der Waals surface area contributed by atoms with Gasteiger partial charge in [0.25, 0.3) is 0 Å². The van der Waals surface area contributed by atoms with Crippen LogP contribution >= 0.6 is 0 Å². The molecule has 74 valence electrons. The van der Waals surface area contributed by atoms with Gasteiger partial charge in [-0.1, -0.05) is 0 Å². The molecule has 0 aliphatic heterocycles. The van der Waals surface area contributed by atoms with Crippen LogP contribution in [0.2, 0.25) is 0 Å². The first-order valence-corrected chi connectivity index (χ1v) is 6.95. The highest BCUT2D eigenvalue weighted by molar-refractivity contribution is 5.29. The van der Waals surface area contributed by atoms with Crippen LogP contribution in [0.1, 0.15) is 25.7 Å². The van der Waals surface area contributed by atoms with Crippen LogP contribution in [0.15, 0.2) is 0 Å². The molecule has 14 heavy (non-hydrogen) atoms. The smallest absolute Gasteiger partial charge is 0.0315 e. The summed E-state index contributed by atoms with van der Waals surface area (Å²) in [5.74, 6) is 12.7. The SMILES string of the molecule is C1C2[C@@H]3[C@H]2[C@@H]2C1[C@H]3[C@@H]1[C@@H]3CC[C@@H](C3)[C@H]21. The topological polar surface area (TPSA) is 0 Å². The molecule has 7 rings (SSSR count). The van der Waals surface area contributed by atoms with Crippen molar-refractivity contribution >= 4 is 0 Å². The molecule has 0 aromatic carbocycles. The van der Waals surface area contributed by atoms with E-state index in [2.05, 4.69) is 0 Å². The Morgan fingerprint density at radius 2 is 1.00 bits per heavy atom. The highest BCUT2D eigenvalue weighted by Crippen LogP contribution is 2.87. The van der Waals surface area contributed by atoms with Gasteiger partial charge >= 0.3 is 0 Å². The molecule has 0 radical (unpaired) electrons. The zero-order valence-electron chi connectivity index (χ0n) is 8.60. The first-order chi connectivity index (χ1) is 6.95. The number of hydrogen-bond donors (Lipinski definition) is 0. The first kappa shape index (κ1) is 6.55. The number of fused-ring (bicyclic) bond motifs is 5. The molecule has 0 spiro atoms. The predicted molar refractivity (Wildman–Crippen MR) is 53.4 cm³/mol. The van der Waals surface area contributed by atoms with Crippen molar-refractivity contribution in [3.05, 3.63) is 0 Å². The Kier molecular flexibility index (Phi) is 0.758. The van der Waals surface area contributed by atoms with E-state index in [-0.39, 0.29) is 0 Å². The van der Waals surface area contributed by atoms with Crippen LogP contribution in [0, 0.1) is 59.2 Å². The normalized spacial score (nSPS) is 84.0. The van der Waals surface area contributed by atoms with E-state index in [0.717, 1.165) is 0 Å². The maximum absolute atomic E-state index is 1.69. The summed E-state index contributed by atoms with van der Waals surface area (Å²) in [7, 11) is 0. The summed E-state index contributed by atoms with van der Waals surface area (Å²) in [5, 5.41) is 0. The van der Waals surface area contributed by atoms with E-state index in [1.54, 1.807) is 25.7 Å². The molecular formula is C14H18. The third-order valence-corrected chi connectivity index (χ3v) is 7.65. The molecule has 0 amide bonds. The lowest BCUT2D eigenvalue weighted by Gasteiger charge is -2.34. The standard InChI is InChI=1S/C14H18/c1-2-6-3-5(1)9-10(6)12-7-4-8-13(11(7)9)14(8)12/h5-14H,1-4H2/t5-,6+,7?,8?,9-,10+,11+,12-,13+,14-. The molecular weight excluding hydrogens is 168 g/mol. The molecule has 0 aromatic rings. The molecule has 0 saturated heterocycles. The van der Waals surface area contributed by atoms with Crippen molar-refractivity contribution < 1.29 is 0 Å². The highest BCUT2D eigenvalue weighted by atomic mass is 14.9. The lowest BCUT2D eigenvalue weighted by molar-refractivity contribution is 0.139. The van der Waals surface area contributed by atoms with Gasteiger partial charge in [0.05, 0.1) is 0 Å². The molecule has 7 fully saturated rings. The summed E-state index contributed by atoms with van der Waals surface area (Å²) >= 11 is 0. The third-order valence-electron chi connectivity index (χ3n) is 7.65. The van der Waals surface area contributed by atoms with Crippen LogP contribution in [0.25, 0.3) is 0 Å². The van der Waals surface area contributed by atoms with E-state index in [0.29, 0.717) is 0 Å². The Labute approximate surface area is 85.4 Å². The quantitative estimate of drug-likeness (QED) is 0.545. The summed E-state index contributed by atoms with van der Waals surface area (Å²) in [6.45, 7) is 0. The van der Waals surface area contributed by atoms with Crippen molar-refractivity contribution in [3.8, 4) is 0 Å². The lowest BCUT2D eigenvalue weighted by atomic mass is 9.71. The molecule has 7 aliphatic rings. The van der Waals surface area contributed by atoms with Gasteiger partial charge in [-0.2, -0.15) is 0 Å². The number of rotatable bonds is 0. The summed E-state index contributed by atoms with van der Waals surface area (Å²) in [6.07, 6.45) is 6.62. The highest BCUT2D eigenvalue weighted by Gasteiger charge is 2.82. The molecule has 7 aliphatic carbocycles.